The summed E-state index contributed by atoms with van der Waals surface area (Å²) >= 11 is 0. The Balaban J connectivity index is 4.03. The molecule has 3 unspecified atom stereocenters. The molecule has 0 aromatic heterocycles. The van der Waals surface area contributed by atoms with E-state index in [2.05, 4.69) is 34.6 Å². The van der Waals surface area contributed by atoms with Gasteiger partial charge in [-0.1, -0.05) is 118 Å². The maximum atomic E-state index is 11.8. The summed E-state index contributed by atoms with van der Waals surface area (Å²) in [7, 11) is 0. The molecule has 162 valence electrons. The van der Waals surface area contributed by atoms with Crippen molar-refractivity contribution in [2.24, 2.45) is 23.7 Å². The summed E-state index contributed by atoms with van der Waals surface area (Å²) in [6.07, 6.45) is 18.6. The van der Waals surface area contributed by atoms with E-state index in [1.54, 1.807) is 0 Å². The summed E-state index contributed by atoms with van der Waals surface area (Å²) in [5, 5.41) is 9.75. The van der Waals surface area contributed by atoms with Gasteiger partial charge < -0.3 is 5.11 Å². The fraction of sp³-hybridized carbons (Fsp3) is 0.960. The number of aliphatic carboxylic acids is 1. The molecule has 2 heteroatoms. The zero-order chi connectivity index (χ0) is 20.5. The van der Waals surface area contributed by atoms with Crippen LogP contribution in [0.5, 0.6) is 0 Å². The van der Waals surface area contributed by atoms with Crippen LogP contribution in [0.25, 0.3) is 0 Å². The normalized spacial score (nSPS) is 15.0. The molecule has 0 aliphatic heterocycles. The minimum Gasteiger partial charge on any atom is -0.481 e. The Morgan fingerprint density at radius 1 is 0.704 bits per heavy atom. The first kappa shape index (κ1) is 26.5. The summed E-state index contributed by atoms with van der Waals surface area (Å²) in [4.78, 5) is 11.8. The monoisotopic (exact) mass is 382 g/mol. The van der Waals surface area contributed by atoms with Gasteiger partial charge in [0, 0.05) is 0 Å². The van der Waals surface area contributed by atoms with Crippen molar-refractivity contribution in [3.8, 4) is 0 Å². The van der Waals surface area contributed by atoms with E-state index in [-0.39, 0.29) is 5.92 Å². The molecule has 0 aliphatic rings. The highest BCUT2D eigenvalue weighted by molar-refractivity contribution is 5.70. The molecule has 0 aliphatic carbocycles. The zero-order valence-electron chi connectivity index (χ0n) is 19.3. The largest absolute Gasteiger partial charge is 0.481 e. The molecular formula is C25H50O2. The Labute approximate surface area is 170 Å². The molecule has 0 aromatic rings. The van der Waals surface area contributed by atoms with Gasteiger partial charge in [0.2, 0.25) is 0 Å². The molecule has 0 amide bonds. The van der Waals surface area contributed by atoms with Gasteiger partial charge in [-0.05, 0) is 30.6 Å². The predicted molar refractivity (Wildman–Crippen MR) is 119 cm³/mol. The van der Waals surface area contributed by atoms with Gasteiger partial charge in [0.1, 0.15) is 0 Å². The first-order valence-electron chi connectivity index (χ1n) is 12.1. The van der Waals surface area contributed by atoms with Crippen molar-refractivity contribution in [3.63, 3.8) is 0 Å². The molecule has 0 spiro atoms. The van der Waals surface area contributed by atoms with Crippen LogP contribution >= 0.6 is 0 Å². The fourth-order valence-corrected chi connectivity index (χ4v) is 4.32. The topological polar surface area (TPSA) is 37.3 Å². The van der Waals surface area contributed by atoms with E-state index in [9.17, 15) is 9.90 Å². The molecule has 0 aromatic carbocycles. The molecule has 0 saturated carbocycles. The summed E-state index contributed by atoms with van der Waals surface area (Å²) in [6.45, 7) is 11.2. The molecular weight excluding hydrogens is 332 g/mol. The van der Waals surface area contributed by atoms with Crippen molar-refractivity contribution >= 4 is 5.97 Å². The SMILES string of the molecule is CCCCC(CCC)CC(C(=O)O)C(C)CCCCCCCCCC(C)C. The molecule has 0 fully saturated rings. The predicted octanol–water partition coefficient (Wildman–Crippen LogP) is 8.49. The van der Waals surface area contributed by atoms with Crippen molar-refractivity contribution in [2.75, 3.05) is 0 Å². The minimum absolute atomic E-state index is 0.144. The lowest BCUT2D eigenvalue weighted by molar-refractivity contribution is -0.144. The van der Waals surface area contributed by atoms with E-state index >= 15 is 0 Å². The lowest BCUT2D eigenvalue weighted by Gasteiger charge is -2.25. The number of carbonyl (C=O) groups is 1. The number of hydrogen-bond donors (Lipinski definition) is 1. The summed E-state index contributed by atoms with van der Waals surface area (Å²) in [6, 6.07) is 0. The Hall–Kier alpha value is -0.530. The van der Waals surface area contributed by atoms with Gasteiger partial charge in [0.25, 0.3) is 0 Å². The highest BCUT2D eigenvalue weighted by Crippen LogP contribution is 2.30. The molecule has 27 heavy (non-hydrogen) atoms. The van der Waals surface area contributed by atoms with Crippen LogP contribution in [0.15, 0.2) is 0 Å². The summed E-state index contributed by atoms with van der Waals surface area (Å²) < 4.78 is 0. The van der Waals surface area contributed by atoms with E-state index in [0.717, 1.165) is 18.8 Å². The summed E-state index contributed by atoms with van der Waals surface area (Å²) in [5.41, 5.74) is 0. The van der Waals surface area contributed by atoms with Crippen LogP contribution < -0.4 is 0 Å². The number of carboxylic acids is 1. The maximum absolute atomic E-state index is 11.8. The van der Waals surface area contributed by atoms with E-state index in [0.29, 0.717) is 11.8 Å². The fourth-order valence-electron chi connectivity index (χ4n) is 4.32. The third kappa shape index (κ3) is 15.1. The Morgan fingerprint density at radius 3 is 1.74 bits per heavy atom. The number of carboxylic acid groups (broad SMARTS) is 1. The molecule has 1 N–H and O–H groups in total. The van der Waals surface area contributed by atoms with E-state index in [4.69, 9.17) is 0 Å². The molecule has 3 atom stereocenters. The highest BCUT2D eigenvalue weighted by atomic mass is 16.4. The van der Waals surface area contributed by atoms with E-state index in [1.165, 1.54) is 83.5 Å². The van der Waals surface area contributed by atoms with Crippen LogP contribution in [0.4, 0.5) is 0 Å². The maximum Gasteiger partial charge on any atom is 0.306 e. The van der Waals surface area contributed by atoms with E-state index in [1.807, 2.05) is 0 Å². The lowest BCUT2D eigenvalue weighted by Crippen LogP contribution is -2.25. The van der Waals surface area contributed by atoms with Crippen molar-refractivity contribution in [3.05, 3.63) is 0 Å². The number of hydrogen-bond acceptors (Lipinski definition) is 1. The van der Waals surface area contributed by atoms with Crippen molar-refractivity contribution in [2.45, 2.75) is 131 Å². The standard InChI is InChI=1S/C25H50O2/c1-6-8-19-23(16-7-2)20-24(25(26)27)22(5)18-15-13-11-9-10-12-14-17-21(3)4/h21-24H,6-20H2,1-5H3,(H,26,27). The quantitative estimate of drug-likeness (QED) is 0.227. The van der Waals surface area contributed by atoms with Gasteiger partial charge in [-0.2, -0.15) is 0 Å². The number of rotatable bonds is 19. The third-order valence-electron chi connectivity index (χ3n) is 6.20. The smallest absolute Gasteiger partial charge is 0.306 e. The minimum atomic E-state index is -0.565. The van der Waals surface area contributed by atoms with Crippen molar-refractivity contribution in [1.29, 1.82) is 0 Å². The van der Waals surface area contributed by atoms with Crippen LogP contribution in [0.1, 0.15) is 131 Å². The second-order valence-electron chi connectivity index (χ2n) is 9.40. The van der Waals surface area contributed by atoms with Crippen LogP contribution in [-0.4, -0.2) is 11.1 Å². The highest BCUT2D eigenvalue weighted by Gasteiger charge is 2.27. The van der Waals surface area contributed by atoms with Crippen LogP contribution in [0.3, 0.4) is 0 Å². The number of unbranched alkanes of at least 4 members (excludes halogenated alkanes) is 7. The molecule has 0 rings (SSSR count). The zero-order valence-corrected chi connectivity index (χ0v) is 19.3. The van der Waals surface area contributed by atoms with Gasteiger partial charge >= 0.3 is 5.97 Å². The average molecular weight is 383 g/mol. The van der Waals surface area contributed by atoms with Gasteiger partial charge in [-0.15, -0.1) is 0 Å². The molecule has 2 nitrogen and oxygen atoms in total. The summed E-state index contributed by atoms with van der Waals surface area (Å²) in [5.74, 6) is 1.05. The van der Waals surface area contributed by atoms with Crippen LogP contribution in [-0.2, 0) is 4.79 Å². The Bertz CT molecular complexity index is 337. The molecule has 0 heterocycles. The average Bonchev–Trinajstić information content (AvgIpc) is 2.61. The molecule has 0 radical (unpaired) electrons. The van der Waals surface area contributed by atoms with Gasteiger partial charge in [-0.25, -0.2) is 0 Å². The van der Waals surface area contributed by atoms with E-state index < -0.39 is 5.97 Å². The van der Waals surface area contributed by atoms with Crippen LogP contribution in [0, 0.1) is 23.7 Å². The molecule has 0 saturated heterocycles. The van der Waals surface area contributed by atoms with Gasteiger partial charge in [-0.3, -0.25) is 4.79 Å². The third-order valence-corrected chi connectivity index (χ3v) is 6.20. The van der Waals surface area contributed by atoms with Crippen molar-refractivity contribution < 1.29 is 9.90 Å². The first-order chi connectivity index (χ1) is 12.9. The van der Waals surface area contributed by atoms with Crippen molar-refractivity contribution in [1.82, 2.24) is 0 Å². The second kappa shape index (κ2) is 17.6. The van der Waals surface area contributed by atoms with Crippen LogP contribution in [0.2, 0.25) is 0 Å². The first-order valence-corrected chi connectivity index (χ1v) is 12.1. The molecule has 0 bridgehead atoms. The lowest BCUT2D eigenvalue weighted by atomic mass is 9.80. The van der Waals surface area contributed by atoms with Gasteiger partial charge in [0.05, 0.1) is 5.92 Å². The Kier molecular flexibility index (Phi) is 17.2. The Morgan fingerprint density at radius 2 is 1.26 bits per heavy atom. The second-order valence-corrected chi connectivity index (χ2v) is 9.40. The van der Waals surface area contributed by atoms with Gasteiger partial charge in [0.15, 0.2) is 0 Å².